The molecule has 0 radical (unpaired) electrons. The van der Waals surface area contributed by atoms with Crippen LogP contribution in [0.1, 0.15) is 76.7 Å². The third-order valence-electron chi connectivity index (χ3n) is 9.74. The van der Waals surface area contributed by atoms with Gasteiger partial charge in [0, 0.05) is 19.8 Å². The number of aromatic nitrogens is 3. The predicted molar refractivity (Wildman–Crippen MR) is 159 cm³/mol. The van der Waals surface area contributed by atoms with E-state index in [2.05, 4.69) is 60.1 Å². The third kappa shape index (κ3) is 5.78. The molecule has 9 nitrogen and oxygen atoms in total. The van der Waals surface area contributed by atoms with Crippen LogP contribution in [0, 0.1) is 22.7 Å². The lowest BCUT2D eigenvalue weighted by Crippen LogP contribution is -2.50. The fraction of sp³-hybridized carbons (Fsp3) is 0.548. The molecule has 9 heteroatoms. The van der Waals surface area contributed by atoms with E-state index in [4.69, 9.17) is 10.5 Å². The summed E-state index contributed by atoms with van der Waals surface area (Å²) in [6.07, 6.45) is 14.7. The molecular formula is C31H44N6O3. The second-order valence-electron chi connectivity index (χ2n) is 11.9. The molecule has 2 aliphatic carbocycles. The maximum Gasteiger partial charge on any atom is 0.355 e. The summed E-state index contributed by atoms with van der Waals surface area (Å²) in [4.78, 5) is 37.2. The van der Waals surface area contributed by atoms with Crippen molar-refractivity contribution in [2.75, 3.05) is 36.1 Å². The number of aromatic amines is 1. The van der Waals surface area contributed by atoms with Crippen molar-refractivity contribution in [1.82, 2.24) is 15.0 Å². The number of esters is 1. The maximum absolute atomic E-state index is 12.5. The molecule has 4 N–H and O–H groups in total. The lowest BCUT2D eigenvalue weighted by atomic mass is 9.47. The number of hydrogen-bond donors (Lipinski definition) is 3. The number of H-pyrrole nitrogens is 1. The lowest BCUT2D eigenvalue weighted by Gasteiger charge is -2.58. The third-order valence-corrected chi connectivity index (χ3v) is 9.74. The lowest BCUT2D eigenvalue weighted by molar-refractivity contribution is -0.107. The Morgan fingerprint density at radius 2 is 2.12 bits per heavy atom. The smallest absolute Gasteiger partial charge is 0.355 e. The summed E-state index contributed by atoms with van der Waals surface area (Å²) in [6, 6.07) is 3.55. The Hall–Kier alpha value is -3.62. The van der Waals surface area contributed by atoms with Gasteiger partial charge in [-0.15, -0.1) is 0 Å². The van der Waals surface area contributed by atoms with E-state index in [1.807, 2.05) is 0 Å². The van der Waals surface area contributed by atoms with Crippen molar-refractivity contribution in [3.05, 3.63) is 53.6 Å². The Balaban J connectivity index is 1.44. The zero-order valence-corrected chi connectivity index (χ0v) is 24.5. The SMILES string of the molecule is CNc1ncnc(N)c1N(C=O)CC=C(C)CC[C@]1(C)[C@@H](C)CC[C@@]2(C)C(COC(=O)c3ccc[nH]3)=CCC[C@@H]12. The number of fused-ring (bicyclic) bond motifs is 1. The van der Waals surface area contributed by atoms with Gasteiger partial charge in [0.05, 0.1) is 0 Å². The Kier molecular flexibility index (Phi) is 9.01. The van der Waals surface area contributed by atoms with Gasteiger partial charge in [-0.25, -0.2) is 14.8 Å². The normalized spacial score (nSPS) is 26.4. The molecule has 1 amide bonds. The summed E-state index contributed by atoms with van der Waals surface area (Å²) in [6.45, 7) is 10.1. The average Bonchev–Trinajstić information content (AvgIpc) is 3.49. The van der Waals surface area contributed by atoms with Crippen LogP contribution in [0.3, 0.4) is 0 Å². The van der Waals surface area contributed by atoms with Gasteiger partial charge in [0.15, 0.2) is 11.6 Å². The van der Waals surface area contributed by atoms with Gasteiger partial charge in [-0.3, -0.25) is 4.79 Å². The molecule has 4 rings (SSSR count). The van der Waals surface area contributed by atoms with Crippen molar-refractivity contribution in [2.45, 2.75) is 66.2 Å². The highest BCUT2D eigenvalue weighted by molar-refractivity contribution is 5.88. The topological polar surface area (TPSA) is 126 Å². The summed E-state index contributed by atoms with van der Waals surface area (Å²) in [5.74, 6) is 1.57. The predicted octanol–water partition coefficient (Wildman–Crippen LogP) is 5.75. The van der Waals surface area contributed by atoms with Crippen LogP contribution in [0.25, 0.3) is 0 Å². The van der Waals surface area contributed by atoms with Gasteiger partial charge in [0.25, 0.3) is 0 Å². The zero-order chi connectivity index (χ0) is 28.9. The number of nitrogens with two attached hydrogens (primary N) is 1. The molecule has 40 heavy (non-hydrogen) atoms. The Morgan fingerprint density at radius 3 is 2.83 bits per heavy atom. The van der Waals surface area contributed by atoms with E-state index in [0.29, 0.717) is 42.2 Å². The van der Waals surface area contributed by atoms with Gasteiger partial charge in [0.2, 0.25) is 6.41 Å². The number of anilines is 3. The van der Waals surface area contributed by atoms with E-state index in [-0.39, 0.29) is 22.6 Å². The molecule has 1 fully saturated rings. The van der Waals surface area contributed by atoms with Crippen LogP contribution in [0.2, 0.25) is 0 Å². The highest BCUT2D eigenvalue weighted by atomic mass is 16.5. The van der Waals surface area contributed by atoms with Crippen LogP contribution >= 0.6 is 0 Å². The molecule has 0 unspecified atom stereocenters. The van der Waals surface area contributed by atoms with Crippen molar-refractivity contribution < 1.29 is 14.3 Å². The number of carbonyl (C=O) groups is 2. The number of nitrogen functional groups attached to an aromatic ring is 1. The number of amides is 1. The second-order valence-corrected chi connectivity index (χ2v) is 11.9. The van der Waals surface area contributed by atoms with Crippen molar-refractivity contribution in [2.24, 2.45) is 22.7 Å². The summed E-state index contributed by atoms with van der Waals surface area (Å²) in [5.41, 5.74) is 9.70. The van der Waals surface area contributed by atoms with Crippen molar-refractivity contribution in [3.63, 3.8) is 0 Å². The first-order valence-electron chi connectivity index (χ1n) is 14.3. The van der Waals surface area contributed by atoms with E-state index in [1.54, 1.807) is 30.3 Å². The molecule has 216 valence electrons. The summed E-state index contributed by atoms with van der Waals surface area (Å²) in [7, 11) is 1.74. The number of carbonyl (C=O) groups excluding carboxylic acids is 2. The Bertz CT molecular complexity index is 1260. The minimum Gasteiger partial charge on any atom is -0.456 e. The maximum atomic E-state index is 12.5. The molecule has 2 heterocycles. The summed E-state index contributed by atoms with van der Waals surface area (Å²) in [5, 5.41) is 2.99. The molecule has 1 saturated carbocycles. The number of allylic oxidation sites excluding steroid dienone is 2. The molecule has 0 spiro atoms. The van der Waals surface area contributed by atoms with Crippen molar-refractivity contribution in [3.8, 4) is 0 Å². The number of nitrogens with one attached hydrogen (secondary N) is 2. The van der Waals surface area contributed by atoms with Crippen LogP contribution in [0.15, 0.2) is 48.0 Å². The monoisotopic (exact) mass is 548 g/mol. The first-order chi connectivity index (χ1) is 19.1. The van der Waals surface area contributed by atoms with Gasteiger partial charge in [-0.05, 0) is 85.8 Å². The van der Waals surface area contributed by atoms with Gasteiger partial charge in [-0.1, -0.05) is 38.5 Å². The Morgan fingerprint density at radius 1 is 1.32 bits per heavy atom. The van der Waals surface area contributed by atoms with Gasteiger partial charge >= 0.3 is 5.97 Å². The number of nitrogens with zero attached hydrogens (tertiary/aromatic N) is 3. The minimum absolute atomic E-state index is 0.00977. The van der Waals surface area contributed by atoms with E-state index < -0.39 is 0 Å². The molecular weight excluding hydrogens is 504 g/mol. The van der Waals surface area contributed by atoms with Gasteiger partial charge in [-0.2, -0.15) is 0 Å². The van der Waals surface area contributed by atoms with E-state index in [0.717, 1.165) is 44.9 Å². The molecule has 2 aromatic rings. The standard InChI is InChI=1S/C31H44N6O3/c1-21(13-17-37(20-38)26-27(32)35-19-36-28(26)33-5)11-14-30(3)22(2)12-15-31(4)23(8-6-10-25(30)31)18-40-29(39)24-9-7-16-34-24/h7-9,13,16,19-20,22,25,34H,6,10-12,14-15,17-18H2,1-5H3,(H3,32,33,35,36)/t22-,25-,30+,31-/m0/s1. The number of ether oxygens (including phenoxy) is 1. The average molecular weight is 549 g/mol. The van der Waals surface area contributed by atoms with Gasteiger partial charge in [0.1, 0.15) is 24.3 Å². The largest absolute Gasteiger partial charge is 0.456 e. The van der Waals surface area contributed by atoms with Crippen LogP contribution in [0.4, 0.5) is 17.3 Å². The highest BCUT2D eigenvalue weighted by Crippen LogP contribution is 2.62. The fourth-order valence-corrected chi connectivity index (χ4v) is 6.97. The first kappa shape index (κ1) is 29.4. The van der Waals surface area contributed by atoms with Gasteiger partial charge < -0.3 is 25.7 Å². The number of rotatable bonds is 11. The quantitative estimate of drug-likeness (QED) is 0.185. The zero-order valence-electron chi connectivity index (χ0n) is 24.5. The molecule has 0 aromatic carbocycles. The van der Waals surface area contributed by atoms with Crippen LogP contribution in [0.5, 0.6) is 0 Å². The molecule has 2 aromatic heterocycles. The fourth-order valence-electron chi connectivity index (χ4n) is 6.97. The molecule has 0 saturated heterocycles. The van der Waals surface area contributed by atoms with E-state index >= 15 is 0 Å². The second kappa shape index (κ2) is 12.3. The van der Waals surface area contributed by atoms with Crippen molar-refractivity contribution in [1.29, 1.82) is 0 Å². The summed E-state index contributed by atoms with van der Waals surface area (Å²) >= 11 is 0. The first-order valence-corrected chi connectivity index (χ1v) is 14.3. The molecule has 0 bridgehead atoms. The van der Waals surface area contributed by atoms with Crippen LogP contribution < -0.4 is 16.0 Å². The van der Waals surface area contributed by atoms with E-state index in [1.165, 1.54) is 17.5 Å². The van der Waals surface area contributed by atoms with Crippen LogP contribution in [-0.4, -0.2) is 47.5 Å². The highest BCUT2D eigenvalue weighted by Gasteiger charge is 2.53. The van der Waals surface area contributed by atoms with E-state index in [9.17, 15) is 9.59 Å². The molecule has 0 aliphatic heterocycles. The van der Waals surface area contributed by atoms with Crippen LogP contribution in [-0.2, 0) is 9.53 Å². The van der Waals surface area contributed by atoms with Crippen molar-refractivity contribution >= 4 is 29.7 Å². The molecule has 2 aliphatic rings. The Labute approximate surface area is 237 Å². The summed E-state index contributed by atoms with van der Waals surface area (Å²) < 4.78 is 5.76. The number of hydrogen-bond acceptors (Lipinski definition) is 7. The minimum atomic E-state index is -0.306. The molecule has 4 atom stereocenters.